The van der Waals surface area contributed by atoms with Crippen molar-refractivity contribution in [2.75, 3.05) is 51.8 Å². The van der Waals surface area contributed by atoms with Crippen LogP contribution >= 0.6 is 0 Å². The van der Waals surface area contributed by atoms with Crippen LogP contribution in [0.3, 0.4) is 0 Å². The first-order chi connectivity index (χ1) is 11.1. The van der Waals surface area contributed by atoms with E-state index >= 15 is 0 Å². The molecule has 1 saturated heterocycles. The van der Waals surface area contributed by atoms with E-state index in [4.69, 9.17) is 4.74 Å². The van der Waals surface area contributed by atoms with E-state index in [0.717, 1.165) is 55.3 Å². The second-order valence-electron chi connectivity index (χ2n) is 6.43. The number of aromatic nitrogens is 4. The van der Waals surface area contributed by atoms with Crippen molar-refractivity contribution in [3.63, 3.8) is 0 Å². The Morgan fingerprint density at radius 2 is 2.22 bits per heavy atom. The maximum atomic E-state index is 5.17. The maximum Gasteiger partial charge on any atom is 0.163 e. The van der Waals surface area contributed by atoms with Crippen molar-refractivity contribution in [2.24, 2.45) is 13.0 Å². The lowest BCUT2D eigenvalue weighted by Crippen LogP contribution is -2.30. The van der Waals surface area contributed by atoms with Crippen molar-refractivity contribution in [1.82, 2.24) is 24.6 Å². The first-order valence-corrected chi connectivity index (χ1v) is 8.17. The molecule has 7 nitrogen and oxygen atoms in total. The van der Waals surface area contributed by atoms with E-state index in [1.807, 2.05) is 18.7 Å². The number of rotatable bonds is 6. The van der Waals surface area contributed by atoms with Gasteiger partial charge in [-0.05, 0) is 25.8 Å². The second kappa shape index (κ2) is 6.80. The van der Waals surface area contributed by atoms with E-state index in [-0.39, 0.29) is 0 Å². The summed E-state index contributed by atoms with van der Waals surface area (Å²) in [4.78, 5) is 13.6. The molecule has 126 valence electrons. The molecule has 3 heterocycles. The average molecular weight is 318 g/mol. The van der Waals surface area contributed by atoms with Crippen LogP contribution in [-0.4, -0.2) is 71.6 Å². The summed E-state index contributed by atoms with van der Waals surface area (Å²) >= 11 is 0. The normalized spacial score (nSPS) is 18.9. The Balaban J connectivity index is 1.71. The monoisotopic (exact) mass is 318 g/mol. The molecular weight excluding hydrogens is 292 g/mol. The molecule has 1 atom stereocenters. The van der Waals surface area contributed by atoms with Crippen molar-refractivity contribution in [2.45, 2.75) is 13.3 Å². The molecule has 3 rings (SSSR count). The van der Waals surface area contributed by atoms with Gasteiger partial charge in [-0.1, -0.05) is 0 Å². The van der Waals surface area contributed by atoms with Gasteiger partial charge in [0.05, 0.1) is 17.7 Å². The van der Waals surface area contributed by atoms with Crippen LogP contribution in [0.5, 0.6) is 0 Å². The molecule has 23 heavy (non-hydrogen) atoms. The van der Waals surface area contributed by atoms with Crippen LogP contribution in [-0.2, 0) is 11.8 Å². The number of ether oxygens (including phenoxy) is 1. The van der Waals surface area contributed by atoms with Gasteiger partial charge in [0, 0.05) is 40.8 Å². The molecule has 2 aromatic rings. The van der Waals surface area contributed by atoms with E-state index in [2.05, 4.69) is 31.9 Å². The van der Waals surface area contributed by atoms with Crippen LogP contribution in [0.2, 0.25) is 0 Å². The third-order valence-electron chi connectivity index (χ3n) is 4.65. The molecule has 1 aliphatic heterocycles. The zero-order valence-corrected chi connectivity index (χ0v) is 14.5. The van der Waals surface area contributed by atoms with E-state index in [1.165, 1.54) is 6.42 Å². The smallest absolute Gasteiger partial charge is 0.163 e. The highest BCUT2D eigenvalue weighted by molar-refractivity contribution is 5.89. The van der Waals surface area contributed by atoms with Crippen LogP contribution in [0, 0.1) is 12.8 Å². The van der Waals surface area contributed by atoms with E-state index < -0.39 is 0 Å². The molecule has 2 aromatic heterocycles. The fourth-order valence-corrected chi connectivity index (χ4v) is 3.51. The molecule has 1 fully saturated rings. The van der Waals surface area contributed by atoms with Crippen molar-refractivity contribution >= 4 is 16.9 Å². The lowest BCUT2D eigenvalue weighted by molar-refractivity contribution is 0.159. The summed E-state index contributed by atoms with van der Waals surface area (Å²) in [5.41, 5.74) is 1.88. The molecule has 0 aliphatic carbocycles. The maximum absolute atomic E-state index is 5.17. The molecular formula is C16H26N6O. The summed E-state index contributed by atoms with van der Waals surface area (Å²) < 4.78 is 7.00. The lowest BCUT2D eigenvalue weighted by atomic mass is 10.1. The summed E-state index contributed by atoms with van der Waals surface area (Å²) in [5.74, 6) is 1.65. The summed E-state index contributed by atoms with van der Waals surface area (Å²) in [7, 11) is 5.81. The quantitative estimate of drug-likeness (QED) is 0.794. The Morgan fingerprint density at radius 3 is 3.00 bits per heavy atom. The number of hydrogen-bond donors (Lipinski definition) is 0. The van der Waals surface area contributed by atoms with Crippen molar-refractivity contribution < 1.29 is 4.74 Å². The van der Waals surface area contributed by atoms with Crippen molar-refractivity contribution in [3.05, 3.63) is 12.0 Å². The highest BCUT2D eigenvalue weighted by Gasteiger charge is 2.24. The Bertz CT molecular complexity index is 670. The zero-order valence-electron chi connectivity index (χ0n) is 14.5. The summed E-state index contributed by atoms with van der Waals surface area (Å²) in [6.45, 7) is 7.15. The standard InChI is InChI=1S/C16H26N6O/c1-12-14-15(17-11-18-16(14)21(3)19-12)20(2)9-13-5-6-22(10-13)7-8-23-4/h11,13H,5-10H2,1-4H3. The molecule has 7 heteroatoms. The zero-order chi connectivity index (χ0) is 16.4. The summed E-state index contributed by atoms with van der Waals surface area (Å²) in [6, 6.07) is 0. The molecule has 1 unspecified atom stereocenters. The Labute approximate surface area is 137 Å². The number of aryl methyl sites for hydroxylation is 2. The molecule has 0 bridgehead atoms. The number of nitrogens with zero attached hydrogens (tertiary/aromatic N) is 6. The number of methoxy groups -OCH3 is 1. The van der Waals surface area contributed by atoms with Gasteiger partial charge in [0.1, 0.15) is 12.1 Å². The number of likely N-dealkylation sites (tertiary alicyclic amines) is 1. The lowest BCUT2D eigenvalue weighted by Gasteiger charge is -2.23. The fourth-order valence-electron chi connectivity index (χ4n) is 3.51. The fraction of sp³-hybridized carbons (Fsp3) is 0.688. The van der Waals surface area contributed by atoms with E-state index in [1.54, 1.807) is 13.4 Å². The molecule has 0 spiro atoms. The first kappa shape index (κ1) is 16.1. The minimum absolute atomic E-state index is 0.666. The van der Waals surface area contributed by atoms with Gasteiger partial charge < -0.3 is 14.5 Å². The van der Waals surface area contributed by atoms with Gasteiger partial charge in [-0.3, -0.25) is 4.68 Å². The number of hydrogen-bond acceptors (Lipinski definition) is 6. The minimum Gasteiger partial charge on any atom is -0.383 e. The minimum atomic E-state index is 0.666. The van der Waals surface area contributed by atoms with Crippen molar-refractivity contribution in [1.29, 1.82) is 0 Å². The topological polar surface area (TPSA) is 59.3 Å². The molecule has 1 aliphatic rings. The van der Waals surface area contributed by atoms with E-state index in [0.29, 0.717) is 5.92 Å². The van der Waals surface area contributed by atoms with Gasteiger partial charge in [-0.25, -0.2) is 9.97 Å². The molecule has 0 radical (unpaired) electrons. The van der Waals surface area contributed by atoms with Crippen LogP contribution in [0.25, 0.3) is 11.0 Å². The highest BCUT2D eigenvalue weighted by atomic mass is 16.5. The summed E-state index contributed by atoms with van der Waals surface area (Å²) in [5, 5.41) is 5.54. The Kier molecular flexibility index (Phi) is 4.77. The van der Waals surface area contributed by atoms with Gasteiger partial charge in [-0.15, -0.1) is 0 Å². The van der Waals surface area contributed by atoms with Gasteiger partial charge in [0.2, 0.25) is 0 Å². The van der Waals surface area contributed by atoms with Crippen LogP contribution in [0.1, 0.15) is 12.1 Å². The highest BCUT2D eigenvalue weighted by Crippen LogP contribution is 2.26. The third kappa shape index (κ3) is 3.30. The molecule has 0 N–H and O–H groups in total. The third-order valence-corrected chi connectivity index (χ3v) is 4.65. The van der Waals surface area contributed by atoms with Crippen molar-refractivity contribution in [3.8, 4) is 0 Å². The van der Waals surface area contributed by atoms with Crippen LogP contribution < -0.4 is 4.90 Å². The summed E-state index contributed by atoms with van der Waals surface area (Å²) in [6.07, 6.45) is 2.86. The Hall–Kier alpha value is -1.73. The Morgan fingerprint density at radius 1 is 1.39 bits per heavy atom. The SMILES string of the molecule is COCCN1CCC(CN(C)c2ncnc3c2c(C)nn3C)C1. The predicted octanol–water partition coefficient (Wildman–Crippen LogP) is 1.08. The van der Waals surface area contributed by atoms with Gasteiger partial charge >= 0.3 is 0 Å². The number of fused-ring (bicyclic) bond motifs is 1. The average Bonchev–Trinajstić information content (AvgIpc) is 3.10. The predicted molar refractivity (Wildman–Crippen MR) is 90.7 cm³/mol. The number of anilines is 1. The first-order valence-electron chi connectivity index (χ1n) is 8.17. The van der Waals surface area contributed by atoms with Crippen LogP contribution in [0.15, 0.2) is 6.33 Å². The van der Waals surface area contributed by atoms with E-state index in [9.17, 15) is 0 Å². The second-order valence-corrected chi connectivity index (χ2v) is 6.43. The van der Waals surface area contributed by atoms with Crippen LogP contribution in [0.4, 0.5) is 5.82 Å². The molecule has 0 aromatic carbocycles. The van der Waals surface area contributed by atoms with Gasteiger partial charge in [0.25, 0.3) is 0 Å². The van der Waals surface area contributed by atoms with Gasteiger partial charge in [-0.2, -0.15) is 5.10 Å². The van der Waals surface area contributed by atoms with Gasteiger partial charge in [0.15, 0.2) is 5.65 Å². The molecule has 0 amide bonds. The molecule has 0 saturated carbocycles. The largest absolute Gasteiger partial charge is 0.383 e.